The standard InChI is InChI=1S/C25H21FN2O3/c1-3-16-7-10-18(11-8-16)28-22(20-6-4-5-13-27-20)21(24(30)25(28)31)23(29)17-9-12-19(26)15(2)14-17/h4-14,22,29H,3H2,1-2H3/b23-21-. The summed E-state index contributed by atoms with van der Waals surface area (Å²) < 4.78 is 13.7. The Morgan fingerprint density at radius 3 is 2.45 bits per heavy atom. The molecule has 1 aliphatic heterocycles. The lowest BCUT2D eigenvalue weighted by molar-refractivity contribution is -0.132. The highest BCUT2D eigenvalue weighted by atomic mass is 19.1. The van der Waals surface area contributed by atoms with Gasteiger partial charge in [0.05, 0.1) is 11.3 Å². The minimum atomic E-state index is -0.904. The molecule has 3 aromatic rings. The van der Waals surface area contributed by atoms with E-state index in [-0.39, 0.29) is 16.9 Å². The second-order valence-corrected chi connectivity index (χ2v) is 7.41. The molecular weight excluding hydrogens is 395 g/mol. The Bertz CT molecular complexity index is 1190. The molecule has 2 aromatic carbocycles. The topological polar surface area (TPSA) is 70.5 Å². The molecule has 1 N–H and O–H groups in total. The van der Waals surface area contributed by atoms with Gasteiger partial charge in [-0.15, -0.1) is 0 Å². The maximum absolute atomic E-state index is 13.7. The number of aliphatic hydroxyl groups is 1. The molecule has 1 aliphatic rings. The van der Waals surface area contributed by atoms with Gasteiger partial charge in [-0.2, -0.15) is 0 Å². The number of nitrogens with zero attached hydrogens (tertiary/aromatic N) is 2. The van der Waals surface area contributed by atoms with Crippen LogP contribution in [0.2, 0.25) is 0 Å². The highest BCUT2D eigenvalue weighted by Gasteiger charge is 2.47. The van der Waals surface area contributed by atoms with Gasteiger partial charge < -0.3 is 5.11 Å². The zero-order chi connectivity index (χ0) is 22.1. The van der Waals surface area contributed by atoms with Crippen LogP contribution in [0.15, 0.2) is 72.4 Å². The molecule has 5 nitrogen and oxygen atoms in total. The number of ketones is 1. The predicted octanol–water partition coefficient (Wildman–Crippen LogP) is 4.72. The van der Waals surface area contributed by atoms with E-state index in [2.05, 4.69) is 4.98 Å². The maximum Gasteiger partial charge on any atom is 0.300 e. The summed E-state index contributed by atoms with van der Waals surface area (Å²) in [5.74, 6) is -2.34. The summed E-state index contributed by atoms with van der Waals surface area (Å²) in [4.78, 5) is 31.8. The van der Waals surface area contributed by atoms with Gasteiger partial charge >= 0.3 is 0 Å². The summed E-state index contributed by atoms with van der Waals surface area (Å²) in [6.07, 6.45) is 2.41. The lowest BCUT2D eigenvalue weighted by Gasteiger charge is -2.24. The van der Waals surface area contributed by atoms with Crippen LogP contribution in [0.3, 0.4) is 0 Å². The summed E-state index contributed by atoms with van der Waals surface area (Å²) in [6.45, 7) is 3.59. The first-order valence-electron chi connectivity index (χ1n) is 9.99. The first-order valence-corrected chi connectivity index (χ1v) is 9.99. The number of amides is 1. The molecule has 0 spiro atoms. The van der Waals surface area contributed by atoms with E-state index in [1.165, 1.54) is 23.1 Å². The molecule has 0 saturated carbocycles. The van der Waals surface area contributed by atoms with Gasteiger partial charge in [0.2, 0.25) is 0 Å². The molecule has 1 amide bonds. The number of Topliss-reactive ketones (excluding diaryl/α,β-unsaturated/α-hetero) is 1. The average Bonchev–Trinajstić information content (AvgIpc) is 3.06. The fraction of sp³-hybridized carbons (Fsp3) is 0.160. The van der Waals surface area contributed by atoms with Gasteiger partial charge in [0, 0.05) is 17.4 Å². The number of hydrogen-bond acceptors (Lipinski definition) is 4. The van der Waals surface area contributed by atoms with Crippen molar-refractivity contribution >= 4 is 23.1 Å². The molecule has 1 saturated heterocycles. The van der Waals surface area contributed by atoms with Crippen LogP contribution in [-0.4, -0.2) is 21.8 Å². The monoisotopic (exact) mass is 416 g/mol. The summed E-state index contributed by atoms with van der Waals surface area (Å²) in [7, 11) is 0. The minimum Gasteiger partial charge on any atom is -0.507 e. The number of rotatable bonds is 4. The zero-order valence-corrected chi connectivity index (χ0v) is 17.2. The van der Waals surface area contributed by atoms with Crippen molar-refractivity contribution in [3.63, 3.8) is 0 Å². The largest absolute Gasteiger partial charge is 0.507 e. The number of aromatic nitrogens is 1. The highest BCUT2D eigenvalue weighted by Crippen LogP contribution is 2.41. The third kappa shape index (κ3) is 3.61. The molecule has 0 bridgehead atoms. The quantitative estimate of drug-likeness (QED) is 0.380. The first kappa shape index (κ1) is 20.5. The van der Waals surface area contributed by atoms with E-state index in [1.54, 1.807) is 43.5 Å². The summed E-state index contributed by atoms with van der Waals surface area (Å²) in [5.41, 5.74) is 2.58. The molecule has 6 heteroatoms. The van der Waals surface area contributed by atoms with Crippen molar-refractivity contribution in [2.24, 2.45) is 0 Å². The molecular formula is C25H21FN2O3. The van der Waals surface area contributed by atoms with Crippen LogP contribution in [0.25, 0.3) is 5.76 Å². The van der Waals surface area contributed by atoms with Gasteiger partial charge in [-0.1, -0.05) is 25.1 Å². The molecule has 31 heavy (non-hydrogen) atoms. The number of carbonyl (C=O) groups is 2. The average molecular weight is 416 g/mol. The van der Waals surface area contributed by atoms with Gasteiger partial charge in [-0.05, 0) is 66.9 Å². The van der Waals surface area contributed by atoms with Crippen molar-refractivity contribution in [2.45, 2.75) is 26.3 Å². The van der Waals surface area contributed by atoms with Crippen LogP contribution in [0.5, 0.6) is 0 Å². The molecule has 1 atom stereocenters. The van der Waals surface area contributed by atoms with Crippen LogP contribution < -0.4 is 4.90 Å². The Morgan fingerprint density at radius 1 is 1.10 bits per heavy atom. The van der Waals surface area contributed by atoms with Crippen LogP contribution in [0.4, 0.5) is 10.1 Å². The molecule has 2 heterocycles. The number of anilines is 1. The van der Waals surface area contributed by atoms with Gasteiger partial charge in [0.25, 0.3) is 11.7 Å². The van der Waals surface area contributed by atoms with E-state index in [4.69, 9.17) is 0 Å². The van der Waals surface area contributed by atoms with Crippen molar-refractivity contribution in [2.75, 3.05) is 4.90 Å². The van der Waals surface area contributed by atoms with Crippen molar-refractivity contribution in [3.8, 4) is 0 Å². The van der Waals surface area contributed by atoms with Gasteiger partial charge in [-0.3, -0.25) is 19.5 Å². The van der Waals surface area contributed by atoms with Gasteiger partial charge in [0.15, 0.2) is 0 Å². The number of halogens is 1. The maximum atomic E-state index is 13.7. The Morgan fingerprint density at radius 2 is 1.84 bits per heavy atom. The lowest BCUT2D eigenvalue weighted by Crippen LogP contribution is -2.29. The van der Waals surface area contributed by atoms with Crippen molar-refractivity contribution in [1.82, 2.24) is 4.98 Å². The Kier molecular flexibility index (Phi) is 5.38. The molecule has 1 unspecified atom stereocenters. The highest BCUT2D eigenvalue weighted by molar-refractivity contribution is 6.51. The lowest BCUT2D eigenvalue weighted by atomic mass is 9.97. The molecule has 156 valence electrons. The van der Waals surface area contributed by atoms with Crippen molar-refractivity contribution < 1.29 is 19.1 Å². The summed E-state index contributed by atoms with van der Waals surface area (Å²) in [6, 6.07) is 15.7. The summed E-state index contributed by atoms with van der Waals surface area (Å²) in [5, 5.41) is 11.0. The molecule has 4 rings (SSSR count). The SMILES string of the molecule is CCc1ccc(N2C(=O)C(=O)/C(=C(\O)c3ccc(F)c(C)c3)C2c2ccccn2)cc1. The molecule has 0 radical (unpaired) electrons. The van der Waals surface area contributed by atoms with Crippen LogP contribution in [0, 0.1) is 12.7 Å². The Balaban J connectivity index is 1.92. The second kappa shape index (κ2) is 8.14. The Hall–Kier alpha value is -3.80. The number of benzene rings is 2. The van der Waals surface area contributed by atoms with Crippen LogP contribution in [-0.2, 0) is 16.0 Å². The molecule has 1 fully saturated rings. The number of aliphatic hydroxyl groups excluding tert-OH is 1. The number of hydrogen-bond donors (Lipinski definition) is 1. The smallest absolute Gasteiger partial charge is 0.300 e. The predicted molar refractivity (Wildman–Crippen MR) is 116 cm³/mol. The number of aryl methyl sites for hydroxylation is 2. The van der Waals surface area contributed by atoms with Crippen molar-refractivity contribution in [3.05, 3.63) is 101 Å². The molecule has 1 aromatic heterocycles. The third-order valence-corrected chi connectivity index (χ3v) is 5.47. The molecule has 0 aliphatic carbocycles. The fourth-order valence-corrected chi connectivity index (χ4v) is 3.76. The van der Waals surface area contributed by atoms with E-state index in [9.17, 15) is 19.1 Å². The number of carbonyl (C=O) groups excluding carboxylic acids is 2. The number of pyridine rings is 1. The third-order valence-electron chi connectivity index (χ3n) is 5.47. The summed E-state index contributed by atoms with van der Waals surface area (Å²) >= 11 is 0. The van der Waals surface area contributed by atoms with Gasteiger partial charge in [0.1, 0.15) is 17.6 Å². The van der Waals surface area contributed by atoms with Gasteiger partial charge in [-0.25, -0.2) is 4.39 Å². The van der Waals surface area contributed by atoms with E-state index < -0.39 is 23.5 Å². The second-order valence-electron chi connectivity index (χ2n) is 7.41. The van der Waals surface area contributed by atoms with Crippen molar-refractivity contribution in [1.29, 1.82) is 0 Å². The fourth-order valence-electron chi connectivity index (χ4n) is 3.76. The van der Waals surface area contributed by atoms with E-state index in [0.717, 1.165) is 12.0 Å². The normalized spacial score (nSPS) is 17.9. The van der Waals surface area contributed by atoms with E-state index in [0.29, 0.717) is 16.9 Å². The van der Waals surface area contributed by atoms with E-state index >= 15 is 0 Å². The van der Waals surface area contributed by atoms with Crippen LogP contribution in [0.1, 0.15) is 35.3 Å². The zero-order valence-electron chi connectivity index (χ0n) is 17.2. The Labute approximate surface area is 179 Å². The minimum absolute atomic E-state index is 0.0747. The van der Waals surface area contributed by atoms with E-state index in [1.807, 2.05) is 19.1 Å². The van der Waals surface area contributed by atoms with Crippen LogP contribution >= 0.6 is 0 Å². The first-order chi connectivity index (χ1) is 14.9.